The molecular weight excluding hydrogens is 160 g/mol. The zero-order chi connectivity index (χ0) is 9.52. The molecule has 0 saturated heterocycles. The van der Waals surface area contributed by atoms with Gasteiger partial charge in [0.25, 0.3) is 0 Å². The Bertz CT molecular complexity index is 284. The van der Waals surface area contributed by atoms with Crippen LogP contribution in [0.1, 0.15) is 33.1 Å². The molecule has 1 aliphatic rings. The summed E-state index contributed by atoms with van der Waals surface area (Å²) in [5.74, 6) is 0.967. The third-order valence-electron chi connectivity index (χ3n) is 1.99. The van der Waals surface area contributed by atoms with Gasteiger partial charge >= 0.3 is 0 Å². The highest BCUT2D eigenvalue weighted by Gasteiger charge is 2.02. The Labute approximate surface area is 80.1 Å². The molecule has 0 spiro atoms. The summed E-state index contributed by atoms with van der Waals surface area (Å²) >= 11 is 0. The molecule has 0 radical (unpaired) electrons. The van der Waals surface area contributed by atoms with Crippen LogP contribution in [0, 0.1) is 0 Å². The fourth-order valence-electron chi connectivity index (χ4n) is 1.14. The van der Waals surface area contributed by atoms with E-state index in [2.05, 4.69) is 25.3 Å². The molecule has 0 aromatic heterocycles. The largest absolute Gasteiger partial charge is 0.493 e. The van der Waals surface area contributed by atoms with Crippen LogP contribution in [0.2, 0.25) is 0 Å². The summed E-state index contributed by atoms with van der Waals surface area (Å²) in [6, 6.07) is 0. The zero-order valence-electron chi connectivity index (χ0n) is 8.39. The molecule has 0 heterocycles. The predicted octanol–water partition coefficient (Wildman–Crippen LogP) is 3.35. The van der Waals surface area contributed by atoms with E-state index in [-0.39, 0.29) is 0 Å². The van der Waals surface area contributed by atoms with Gasteiger partial charge in [0.2, 0.25) is 0 Å². The van der Waals surface area contributed by atoms with Crippen LogP contribution >= 0.6 is 0 Å². The maximum atomic E-state index is 5.62. The van der Waals surface area contributed by atoms with E-state index in [1.807, 2.05) is 12.2 Å². The number of allylic oxidation sites excluding steroid dienone is 3. The summed E-state index contributed by atoms with van der Waals surface area (Å²) in [5, 5.41) is 0. The van der Waals surface area contributed by atoms with Crippen molar-refractivity contribution in [2.45, 2.75) is 33.1 Å². The van der Waals surface area contributed by atoms with Crippen LogP contribution in [0.25, 0.3) is 0 Å². The van der Waals surface area contributed by atoms with Crippen LogP contribution in [0.4, 0.5) is 0 Å². The van der Waals surface area contributed by atoms with Gasteiger partial charge in [-0.05, 0) is 18.9 Å². The van der Waals surface area contributed by atoms with Crippen molar-refractivity contribution in [1.29, 1.82) is 0 Å². The molecule has 0 amide bonds. The quantitative estimate of drug-likeness (QED) is 0.461. The third kappa shape index (κ3) is 2.99. The maximum absolute atomic E-state index is 5.62. The van der Waals surface area contributed by atoms with Crippen molar-refractivity contribution in [1.82, 2.24) is 0 Å². The molecule has 0 fully saturated rings. The second kappa shape index (κ2) is 5.48. The minimum absolute atomic E-state index is 0.807. The second-order valence-corrected chi connectivity index (χ2v) is 3.02. The highest BCUT2D eigenvalue weighted by atomic mass is 16.5. The normalized spacial score (nSPS) is 14.0. The van der Waals surface area contributed by atoms with Crippen molar-refractivity contribution >= 4 is 0 Å². The Morgan fingerprint density at radius 2 is 2.00 bits per heavy atom. The first kappa shape index (κ1) is 9.92. The Morgan fingerprint density at radius 1 is 1.23 bits per heavy atom. The summed E-state index contributed by atoms with van der Waals surface area (Å²) in [4.78, 5) is 0. The lowest BCUT2D eigenvalue weighted by Crippen LogP contribution is -1.96. The van der Waals surface area contributed by atoms with Gasteiger partial charge in [0, 0.05) is 11.6 Å². The van der Waals surface area contributed by atoms with E-state index in [4.69, 9.17) is 4.74 Å². The van der Waals surface area contributed by atoms with Gasteiger partial charge in [-0.1, -0.05) is 31.7 Å². The van der Waals surface area contributed by atoms with Crippen molar-refractivity contribution in [2.75, 3.05) is 6.61 Å². The van der Waals surface area contributed by atoms with Gasteiger partial charge in [0.1, 0.15) is 5.76 Å². The molecule has 0 aromatic carbocycles. The molecule has 1 rings (SSSR count). The second-order valence-electron chi connectivity index (χ2n) is 3.02. The van der Waals surface area contributed by atoms with Crippen LogP contribution in [0.3, 0.4) is 0 Å². The standard InChI is InChI=1S/C12H16O/c1-3-5-10-13-12-9-7-6-8-11(12)4-2/h8-9H,3-5,10H2,1-2H3. The van der Waals surface area contributed by atoms with Crippen molar-refractivity contribution in [3.63, 3.8) is 0 Å². The lowest BCUT2D eigenvalue weighted by Gasteiger charge is -2.09. The van der Waals surface area contributed by atoms with Gasteiger partial charge in [0.15, 0.2) is 0 Å². The lowest BCUT2D eigenvalue weighted by atomic mass is 10.1. The first-order valence-electron chi connectivity index (χ1n) is 4.92. The average Bonchev–Trinajstić information content (AvgIpc) is 2.19. The summed E-state index contributed by atoms with van der Waals surface area (Å²) in [6.07, 6.45) is 7.09. The van der Waals surface area contributed by atoms with E-state index in [0.717, 1.165) is 25.2 Å². The topological polar surface area (TPSA) is 9.23 Å². The highest BCUT2D eigenvalue weighted by Crippen LogP contribution is 2.15. The molecule has 70 valence electrons. The van der Waals surface area contributed by atoms with Gasteiger partial charge in [-0.25, -0.2) is 0 Å². The Morgan fingerprint density at radius 3 is 2.69 bits per heavy atom. The molecular formula is C12H16O. The van der Waals surface area contributed by atoms with Gasteiger partial charge in [-0.15, -0.1) is 0 Å². The molecule has 0 aliphatic heterocycles. The smallest absolute Gasteiger partial charge is 0.131 e. The molecule has 0 saturated carbocycles. The lowest BCUT2D eigenvalue weighted by molar-refractivity contribution is 0.216. The van der Waals surface area contributed by atoms with E-state index in [9.17, 15) is 0 Å². The Balaban J connectivity index is 2.52. The van der Waals surface area contributed by atoms with Crippen LogP contribution in [-0.2, 0) is 4.74 Å². The van der Waals surface area contributed by atoms with E-state index >= 15 is 0 Å². The first-order valence-corrected chi connectivity index (χ1v) is 4.92. The fraction of sp³-hybridized carbons (Fsp3) is 0.500. The number of hydrogen-bond acceptors (Lipinski definition) is 1. The van der Waals surface area contributed by atoms with Crippen molar-refractivity contribution in [2.24, 2.45) is 0 Å². The molecule has 0 N–H and O–H groups in total. The summed E-state index contributed by atoms with van der Waals surface area (Å²) < 4.78 is 5.62. The number of hydrogen-bond donors (Lipinski definition) is 0. The third-order valence-corrected chi connectivity index (χ3v) is 1.99. The Hall–Kier alpha value is -1.16. The first-order chi connectivity index (χ1) is 6.38. The molecule has 0 atom stereocenters. The van der Waals surface area contributed by atoms with E-state index < -0.39 is 0 Å². The number of ether oxygens (including phenoxy) is 1. The van der Waals surface area contributed by atoms with Gasteiger partial charge in [0.05, 0.1) is 6.61 Å². The summed E-state index contributed by atoms with van der Waals surface area (Å²) in [6.45, 7) is 5.09. The summed E-state index contributed by atoms with van der Waals surface area (Å²) in [7, 11) is 0. The molecule has 0 aromatic rings. The van der Waals surface area contributed by atoms with Crippen LogP contribution < -0.4 is 0 Å². The molecule has 1 aliphatic carbocycles. The number of unbranched alkanes of at least 4 members (excludes halogenated alkanes) is 1. The van der Waals surface area contributed by atoms with Gasteiger partial charge < -0.3 is 4.74 Å². The van der Waals surface area contributed by atoms with E-state index in [1.165, 1.54) is 12.0 Å². The van der Waals surface area contributed by atoms with Crippen LogP contribution in [-0.4, -0.2) is 6.61 Å². The maximum Gasteiger partial charge on any atom is 0.131 e. The molecule has 1 heteroatoms. The minimum Gasteiger partial charge on any atom is -0.493 e. The monoisotopic (exact) mass is 176 g/mol. The summed E-state index contributed by atoms with van der Waals surface area (Å²) in [5.41, 5.74) is 7.07. The average molecular weight is 176 g/mol. The van der Waals surface area contributed by atoms with E-state index in [0.29, 0.717) is 0 Å². The fourth-order valence-corrected chi connectivity index (χ4v) is 1.14. The highest BCUT2D eigenvalue weighted by molar-refractivity contribution is 5.31. The van der Waals surface area contributed by atoms with Crippen molar-refractivity contribution < 1.29 is 4.74 Å². The van der Waals surface area contributed by atoms with E-state index in [1.54, 1.807) is 0 Å². The molecule has 0 unspecified atom stereocenters. The van der Waals surface area contributed by atoms with Crippen LogP contribution in [0.5, 0.6) is 0 Å². The zero-order valence-corrected chi connectivity index (χ0v) is 8.39. The minimum atomic E-state index is 0.807. The van der Waals surface area contributed by atoms with Crippen molar-refractivity contribution in [3.05, 3.63) is 34.9 Å². The molecule has 13 heavy (non-hydrogen) atoms. The molecule has 1 nitrogen and oxygen atoms in total. The predicted molar refractivity (Wildman–Crippen MR) is 54.3 cm³/mol. The van der Waals surface area contributed by atoms with Gasteiger partial charge in [-0.3, -0.25) is 0 Å². The van der Waals surface area contributed by atoms with Crippen molar-refractivity contribution in [3.8, 4) is 0 Å². The van der Waals surface area contributed by atoms with Crippen LogP contribution in [0.15, 0.2) is 34.9 Å². The number of rotatable bonds is 5. The SMILES string of the molecule is CCCCOC1=C(CC)C=C=C=C1. The van der Waals surface area contributed by atoms with Gasteiger partial charge in [-0.2, -0.15) is 0 Å². The Kier molecular flexibility index (Phi) is 4.18. The molecule has 0 bridgehead atoms.